The van der Waals surface area contributed by atoms with E-state index in [1.807, 2.05) is 60.7 Å². The van der Waals surface area contributed by atoms with E-state index in [0.717, 1.165) is 70.7 Å². The summed E-state index contributed by atoms with van der Waals surface area (Å²) in [6, 6.07) is 40.9. The van der Waals surface area contributed by atoms with Crippen molar-refractivity contribution in [3.05, 3.63) is 144 Å². The molecule has 40 heavy (non-hydrogen) atoms. The third-order valence-electron chi connectivity index (χ3n) is 8.22. The molecule has 0 amide bonds. The number of benzene rings is 7. The summed E-state index contributed by atoms with van der Waals surface area (Å²) in [6.45, 7) is 0. The Morgan fingerprint density at radius 2 is 0.925 bits per heavy atom. The number of esters is 1. The van der Waals surface area contributed by atoms with Gasteiger partial charge in [-0.25, -0.2) is 4.79 Å². The number of carbonyl (C=O) groups is 1. The smallest absolute Gasteiger partial charge is 0.340 e. The quantitative estimate of drug-likeness (QED) is 0.155. The lowest BCUT2D eigenvalue weighted by atomic mass is 9.78. The second-order valence-corrected chi connectivity index (χ2v) is 10.7. The topological polar surface area (TPSA) is 26.3 Å². The van der Waals surface area contributed by atoms with E-state index in [9.17, 15) is 4.79 Å². The summed E-state index contributed by atoms with van der Waals surface area (Å²) in [4.78, 5) is 13.3. The number of rotatable bonds is 2. The third-order valence-corrected chi connectivity index (χ3v) is 8.22. The van der Waals surface area contributed by atoms with Gasteiger partial charge in [0.2, 0.25) is 0 Å². The molecule has 0 N–H and O–H groups in total. The molecule has 0 spiro atoms. The molecule has 1 heterocycles. The van der Waals surface area contributed by atoms with Crippen LogP contribution in [0.15, 0.2) is 121 Å². The van der Waals surface area contributed by atoms with Gasteiger partial charge >= 0.3 is 5.97 Å². The molecule has 0 saturated carbocycles. The first-order chi connectivity index (χ1) is 19.5. The molecule has 4 radical (unpaired) electrons. The maximum absolute atomic E-state index is 13.3. The maximum Gasteiger partial charge on any atom is 0.340 e. The standard InChI is InChI=1S/C36H20B2O2/c37-31-11-7-23-13-25-17-29(9-5-21(25)15-27(23)19-31)36(34-4-2-1-3-33(34)35(39)40-36)30-10-6-22-16-28-20-32(38)12-8-24(28)14-26(22)18-30/h1-20H. The number of fused-ring (bicyclic) bond motifs is 5. The Labute approximate surface area is 234 Å². The average Bonchev–Trinajstić information content (AvgIpc) is 3.27. The second kappa shape index (κ2) is 8.34. The van der Waals surface area contributed by atoms with Crippen LogP contribution < -0.4 is 10.9 Å². The van der Waals surface area contributed by atoms with Crippen molar-refractivity contribution in [1.82, 2.24) is 0 Å². The summed E-state index contributed by atoms with van der Waals surface area (Å²) in [5.41, 5.74) is 3.64. The molecule has 0 fully saturated rings. The normalized spacial score (nSPS) is 14.2. The number of ether oxygens (including phenoxy) is 1. The van der Waals surface area contributed by atoms with Crippen LogP contribution in [0.3, 0.4) is 0 Å². The van der Waals surface area contributed by atoms with Gasteiger partial charge in [-0.05, 0) is 85.6 Å². The summed E-state index contributed by atoms with van der Waals surface area (Å²) in [6.07, 6.45) is 0. The summed E-state index contributed by atoms with van der Waals surface area (Å²) in [7, 11) is 12.1. The Kier molecular flexibility index (Phi) is 4.82. The molecule has 0 saturated heterocycles. The van der Waals surface area contributed by atoms with Crippen molar-refractivity contribution in [1.29, 1.82) is 0 Å². The molecule has 1 aliphatic rings. The third kappa shape index (κ3) is 3.36. The molecule has 7 aromatic rings. The van der Waals surface area contributed by atoms with Crippen molar-refractivity contribution in [2.75, 3.05) is 0 Å². The Morgan fingerprint density at radius 3 is 1.45 bits per heavy atom. The predicted molar refractivity (Wildman–Crippen MR) is 165 cm³/mol. The van der Waals surface area contributed by atoms with Gasteiger partial charge in [0.05, 0.1) is 5.56 Å². The first-order valence-electron chi connectivity index (χ1n) is 13.3. The lowest BCUT2D eigenvalue weighted by Crippen LogP contribution is -2.29. The highest BCUT2D eigenvalue weighted by Crippen LogP contribution is 2.48. The average molecular weight is 506 g/mol. The first-order valence-corrected chi connectivity index (χ1v) is 13.3. The van der Waals surface area contributed by atoms with E-state index in [4.69, 9.17) is 20.4 Å². The van der Waals surface area contributed by atoms with E-state index >= 15 is 0 Å². The van der Waals surface area contributed by atoms with Gasteiger partial charge in [-0.1, -0.05) is 89.8 Å². The zero-order valence-electron chi connectivity index (χ0n) is 21.5. The van der Waals surface area contributed by atoms with Crippen LogP contribution in [0.4, 0.5) is 0 Å². The molecule has 182 valence electrons. The van der Waals surface area contributed by atoms with E-state index in [1.54, 1.807) is 0 Å². The van der Waals surface area contributed by atoms with Gasteiger partial charge in [-0.2, -0.15) is 0 Å². The monoisotopic (exact) mass is 506 g/mol. The van der Waals surface area contributed by atoms with Crippen molar-refractivity contribution in [2.45, 2.75) is 5.60 Å². The van der Waals surface area contributed by atoms with Crippen LogP contribution in [-0.2, 0) is 10.3 Å². The van der Waals surface area contributed by atoms with Crippen molar-refractivity contribution >= 4 is 75.7 Å². The van der Waals surface area contributed by atoms with Gasteiger partial charge in [-0.15, -0.1) is 0 Å². The highest BCUT2D eigenvalue weighted by atomic mass is 16.6. The molecule has 8 rings (SSSR count). The zero-order chi connectivity index (χ0) is 27.0. The molecule has 0 unspecified atom stereocenters. The number of hydrogen-bond acceptors (Lipinski definition) is 2. The van der Waals surface area contributed by atoms with Gasteiger partial charge in [0, 0.05) is 16.7 Å². The molecule has 1 aliphatic heterocycles. The van der Waals surface area contributed by atoms with Crippen LogP contribution in [0.5, 0.6) is 0 Å². The van der Waals surface area contributed by atoms with Gasteiger partial charge in [0.25, 0.3) is 0 Å². The minimum atomic E-state index is -1.08. The van der Waals surface area contributed by atoms with E-state index < -0.39 is 5.60 Å². The number of carbonyl (C=O) groups excluding carboxylic acids is 1. The van der Waals surface area contributed by atoms with Gasteiger partial charge < -0.3 is 4.74 Å². The minimum Gasteiger partial charge on any atom is -0.441 e. The summed E-state index contributed by atoms with van der Waals surface area (Å²) in [5, 5.41) is 8.73. The van der Waals surface area contributed by atoms with Crippen LogP contribution >= 0.6 is 0 Å². The lowest BCUT2D eigenvalue weighted by Gasteiger charge is -2.31. The molecule has 2 nitrogen and oxygen atoms in total. The summed E-state index contributed by atoms with van der Waals surface area (Å²) >= 11 is 0. The van der Waals surface area contributed by atoms with Crippen molar-refractivity contribution in [2.24, 2.45) is 0 Å². The fraction of sp³-hybridized carbons (Fsp3) is 0.0278. The molecule has 0 bridgehead atoms. The highest BCUT2D eigenvalue weighted by Gasteiger charge is 2.48. The van der Waals surface area contributed by atoms with Crippen molar-refractivity contribution in [3.63, 3.8) is 0 Å². The molecule has 0 atom stereocenters. The Morgan fingerprint density at radius 1 is 0.475 bits per heavy atom. The summed E-state index contributed by atoms with van der Waals surface area (Å²) < 4.78 is 6.42. The van der Waals surface area contributed by atoms with E-state index in [-0.39, 0.29) is 5.97 Å². The van der Waals surface area contributed by atoms with Crippen LogP contribution in [0.25, 0.3) is 43.1 Å². The van der Waals surface area contributed by atoms with Crippen molar-refractivity contribution in [3.8, 4) is 0 Å². The van der Waals surface area contributed by atoms with Gasteiger partial charge in [0.1, 0.15) is 15.7 Å². The molecule has 4 heteroatoms. The molecular weight excluding hydrogens is 486 g/mol. The largest absolute Gasteiger partial charge is 0.441 e. The van der Waals surface area contributed by atoms with Crippen molar-refractivity contribution < 1.29 is 9.53 Å². The predicted octanol–water partition coefficient (Wildman–Crippen LogP) is 6.35. The summed E-state index contributed by atoms with van der Waals surface area (Å²) in [5.74, 6) is -0.321. The van der Waals surface area contributed by atoms with E-state index in [1.165, 1.54) is 0 Å². The zero-order valence-corrected chi connectivity index (χ0v) is 21.5. The Balaban J connectivity index is 1.40. The molecule has 0 aromatic heterocycles. The highest BCUT2D eigenvalue weighted by molar-refractivity contribution is 6.33. The van der Waals surface area contributed by atoms with Gasteiger partial charge in [-0.3, -0.25) is 0 Å². The second-order valence-electron chi connectivity index (χ2n) is 10.7. The fourth-order valence-electron chi connectivity index (χ4n) is 6.28. The molecule has 0 aliphatic carbocycles. The van der Waals surface area contributed by atoms with Crippen LogP contribution in [0.1, 0.15) is 27.0 Å². The molecule has 7 aromatic carbocycles. The van der Waals surface area contributed by atoms with Gasteiger partial charge in [0.15, 0.2) is 5.60 Å². The number of cyclic esters (lactones) is 1. The van der Waals surface area contributed by atoms with Crippen LogP contribution in [0, 0.1) is 0 Å². The minimum absolute atomic E-state index is 0.321. The lowest BCUT2D eigenvalue weighted by molar-refractivity contribution is 0.0252. The SMILES string of the molecule is [B]c1ccc2cc3cc(C4(c5ccc6cc7cc([B])ccc7cc6c5)OC(=O)c5ccccc54)ccc3cc2c1. The Hall–Kier alpha value is -4.82. The van der Waals surface area contributed by atoms with E-state index in [2.05, 4.69) is 60.7 Å². The number of hydrogen-bond donors (Lipinski definition) is 0. The van der Waals surface area contributed by atoms with Crippen LogP contribution in [0.2, 0.25) is 0 Å². The fourth-order valence-corrected chi connectivity index (χ4v) is 6.28. The maximum atomic E-state index is 13.3. The van der Waals surface area contributed by atoms with Crippen LogP contribution in [-0.4, -0.2) is 21.7 Å². The van der Waals surface area contributed by atoms with E-state index in [0.29, 0.717) is 5.56 Å². The first kappa shape index (κ1) is 23.1. The Bertz CT molecular complexity index is 2070. The molecular formula is C36H20B2O2.